The zero-order valence-electron chi connectivity index (χ0n) is 11.5. The van der Waals surface area contributed by atoms with E-state index in [4.69, 9.17) is 10.6 Å². The summed E-state index contributed by atoms with van der Waals surface area (Å²) in [6.07, 6.45) is 1.88. The summed E-state index contributed by atoms with van der Waals surface area (Å²) in [6.45, 7) is 2.78. The highest BCUT2D eigenvalue weighted by Gasteiger charge is 2.25. The molecule has 0 fully saturated rings. The van der Waals surface area contributed by atoms with Crippen LogP contribution in [0.1, 0.15) is 40.4 Å². The van der Waals surface area contributed by atoms with E-state index in [1.807, 2.05) is 6.92 Å². The number of aromatic nitrogens is 1. The minimum absolute atomic E-state index is 0.0242. The maximum atomic E-state index is 5.95. The number of ether oxygens (including phenoxy) is 1. The molecule has 2 heterocycles. The van der Waals surface area contributed by atoms with E-state index in [0.29, 0.717) is 0 Å². The van der Waals surface area contributed by atoms with Crippen LogP contribution in [0, 0.1) is 6.92 Å². The van der Waals surface area contributed by atoms with Crippen molar-refractivity contribution in [2.75, 3.05) is 6.61 Å². The van der Waals surface area contributed by atoms with Crippen molar-refractivity contribution >= 4 is 11.3 Å². The summed E-state index contributed by atoms with van der Waals surface area (Å²) in [6, 6.07) is 8.51. The lowest BCUT2D eigenvalue weighted by Gasteiger charge is -2.28. The quantitative estimate of drug-likeness (QED) is 0.671. The lowest BCUT2D eigenvalue weighted by Crippen LogP contribution is -2.31. The molecular formula is C15H19N3OS. The summed E-state index contributed by atoms with van der Waals surface area (Å²) >= 11 is 1.65. The number of nitrogens with zero attached hydrogens (tertiary/aromatic N) is 1. The smallest absolute Gasteiger partial charge is 0.0898 e. The molecule has 0 radical (unpaired) electrons. The maximum Gasteiger partial charge on any atom is 0.0898 e. The topological polar surface area (TPSA) is 60.2 Å². The van der Waals surface area contributed by atoms with Crippen molar-refractivity contribution in [1.82, 2.24) is 10.4 Å². The first kappa shape index (κ1) is 13.7. The predicted molar refractivity (Wildman–Crippen MR) is 80.4 cm³/mol. The summed E-state index contributed by atoms with van der Waals surface area (Å²) in [5.74, 6) is 5.71. The van der Waals surface area contributed by atoms with Crippen LogP contribution in [0.2, 0.25) is 0 Å². The van der Waals surface area contributed by atoms with Crippen molar-refractivity contribution in [3.63, 3.8) is 0 Å². The summed E-state index contributed by atoms with van der Waals surface area (Å²) in [4.78, 5) is 4.52. The third-order valence-corrected chi connectivity index (χ3v) is 4.53. The van der Waals surface area contributed by atoms with Gasteiger partial charge in [0.2, 0.25) is 0 Å². The van der Waals surface area contributed by atoms with E-state index in [9.17, 15) is 0 Å². The molecule has 4 nitrogen and oxygen atoms in total. The van der Waals surface area contributed by atoms with Crippen LogP contribution in [0.3, 0.4) is 0 Å². The first-order chi connectivity index (χ1) is 9.78. The molecule has 1 aliphatic heterocycles. The Kier molecular flexibility index (Phi) is 4.12. The number of benzene rings is 1. The van der Waals surface area contributed by atoms with Gasteiger partial charge in [-0.15, -0.1) is 11.3 Å². The van der Waals surface area contributed by atoms with Crippen LogP contribution in [0.15, 0.2) is 29.6 Å². The van der Waals surface area contributed by atoms with Crippen molar-refractivity contribution in [3.05, 3.63) is 51.5 Å². The molecule has 2 unspecified atom stereocenters. The highest BCUT2D eigenvalue weighted by Crippen LogP contribution is 2.34. The number of aryl methyl sites for hydroxylation is 1. The first-order valence-electron chi connectivity index (χ1n) is 6.85. The van der Waals surface area contributed by atoms with E-state index >= 15 is 0 Å². The zero-order valence-corrected chi connectivity index (χ0v) is 12.3. The number of nitrogens with one attached hydrogen (secondary N) is 1. The van der Waals surface area contributed by atoms with Gasteiger partial charge in [-0.3, -0.25) is 11.3 Å². The van der Waals surface area contributed by atoms with Gasteiger partial charge in [-0.1, -0.05) is 24.3 Å². The van der Waals surface area contributed by atoms with Crippen LogP contribution in [0.25, 0.3) is 0 Å². The van der Waals surface area contributed by atoms with Gasteiger partial charge in [0.25, 0.3) is 0 Å². The molecule has 106 valence electrons. The molecule has 1 aliphatic rings. The summed E-state index contributed by atoms with van der Waals surface area (Å²) in [5.41, 5.74) is 6.54. The van der Waals surface area contributed by atoms with Gasteiger partial charge in [-0.25, -0.2) is 4.98 Å². The summed E-state index contributed by atoms with van der Waals surface area (Å²) in [7, 11) is 0. The SMILES string of the molecule is Cc1nc(C(CC2OCCc3ccccc32)NN)cs1. The minimum atomic E-state index is 0.0242. The van der Waals surface area contributed by atoms with Gasteiger partial charge in [0, 0.05) is 11.8 Å². The Labute approximate surface area is 123 Å². The Morgan fingerprint density at radius 3 is 3.10 bits per heavy atom. The Hall–Kier alpha value is -1.27. The largest absolute Gasteiger partial charge is 0.373 e. The number of rotatable bonds is 4. The zero-order chi connectivity index (χ0) is 13.9. The Morgan fingerprint density at radius 2 is 2.35 bits per heavy atom. The summed E-state index contributed by atoms with van der Waals surface area (Å²) in [5, 5.41) is 3.12. The number of nitrogens with two attached hydrogens (primary N) is 1. The van der Waals surface area contributed by atoms with Gasteiger partial charge in [0.05, 0.1) is 29.5 Å². The number of thiazole rings is 1. The number of fused-ring (bicyclic) bond motifs is 1. The molecule has 2 aromatic rings. The number of hydrogen-bond acceptors (Lipinski definition) is 5. The highest BCUT2D eigenvalue weighted by molar-refractivity contribution is 7.09. The molecule has 20 heavy (non-hydrogen) atoms. The number of hydrazine groups is 1. The second kappa shape index (κ2) is 6.01. The average molecular weight is 289 g/mol. The molecule has 3 N–H and O–H groups in total. The third-order valence-electron chi connectivity index (χ3n) is 3.74. The van der Waals surface area contributed by atoms with Gasteiger partial charge < -0.3 is 4.74 Å². The third kappa shape index (κ3) is 2.76. The molecule has 0 spiro atoms. The van der Waals surface area contributed by atoms with E-state index in [1.54, 1.807) is 11.3 Å². The molecule has 1 aromatic heterocycles. The monoisotopic (exact) mass is 289 g/mol. The van der Waals surface area contributed by atoms with Crippen molar-refractivity contribution in [2.45, 2.75) is 31.9 Å². The molecule has 1 aromatic carbocycles. The van der Waals surface area contributed by atoms with Crippen LogP contribution in [-0.4, -0.2) is 11.6 Å². The van der Waals surface area contributed by atoms with Gasteiger partial charge >= 0.3 is 0 Å². The van der Waals surface area contributed by atoms with Crippen LogP contribution in [-0.2, 0) is 11.2 Å². The van der Waals surface area contributed by atoms with E-state index in [-0.39, 0.29) is 12.1 Å². The second-order valence-electron chi connectivity index (χ2n) is 5.05. The first-order valence-corrected chi connectivity index (χ1v) is 7.73. The van der Waals surface area contributed by atoms with E-state index in [1.165, 1.54) is 11.1 Å². The van der Waals surface area contributed by atoms with Crippen molar-refractivity contribution < 1.29 is 4.74 Å². The van der Waals surface area contributed by atoms with Crippen molar-refractivity contribution in [2.24, 2.45) is 5.84 Å². The average Bonchev–Trinajstić information content (AvgIpc) is 2.91. The minimum Gasteiger partial charge on any atom is -0.373 e. The molecule has 3 rings (SSSR count). The fourth-order valence-electron chi connectivity index (χ4n) is 2.70. The summed E-state index contributed by atoms with van der Waals surface area (Å²) < 4.78 is 5.95. The lowest BCUT2D eigenvalue weighted by atomic mass is 9.93. The van der Waals surface area contributed by atoms with Crippen LogP contribution < -0.4 is 11.3 Å². The second-order valence-corrected chi connectivity index (χ2v) is 6.12. The van der Waals surface area contributed by atoms with Gasteiger partial charge in [-0.2, -0.15) is 0 Å². The Balaban J connectivity index is 1.80. The van der Waals surface area contributed by atoms with E-state index in [2.05, 4.69) is 40.1 Å². The van der Waals surface area contributed by atoms with E-state index in [0.717, 1.165) is 30.2 Å². The molecule has 0 saturated carbocycles. The molecular weight excluding hydrogens is 270 g/mol. The fourth-order valence-corrected chi connectivity index (χ4v) is 3.37. The molecule has 0 saturated heterocycles. The van der Waals surface area contributed by atoms with Gasteiger partial charge in [-0.05, 0) is 24.5 Å². The van der Waals surface area contributed by atoms with Crippen LogP contribution in [0.4, 0.5) is 0 Å². The normalized spacial score (nSPS) is 19.6. The lowest BCUT2D eigenvalue weighted by molar-refractivity contribution is 0.0290. The molecule has 0 bridgehead atoms. The predicted octanol–water partition coefficient (Wildman–Crippen LogP) is 2.66. The maximum absolute atomic E-state index is 5.95. The Morgan fingerprint density at radius 1 is 1.50 bits per heavy atom. The molecule has 0 aliphatic carbocycles. The van der Waals surface area contributed by atoms with Crippen LogP contribution in [0.5, 0.6) is 0 Å². The van der Waals surface area contributed by atoms with Crippen LogP contribution >= 0.6 is 11.3 Å². The Bertz CT molecular complexity index is 584. The van der Waals surface area contributed by atoms with Crippen molar-refractivity contribution in [1.29, 1.82) is 0 Å². The highest BCUT2D eigenvalue weighted by atomic mass is 32.1. The number of hydrogen-bond donors (Lipinski definition) is 2. The molecule has 5 heteroatoms. The van der Waals surface area contributed by atoms with E-state index < -0.39 is 0 Å². The van der Waals surface area contributed by atoms with Gasteiger partial charge in [0.1, 0.15) is 0 Å². The molecule has 2 atom stereocenters. The fraction of sp³-hybridized carbons (Fsp3) is 0.400. The standard InChI is InChI=1S/C15H19N3OS/c1-10-17-14(9-20-10)13(18-16)8-15-12-5-3-2-4-11(12)6-7-19-15/h2-5,9,13,15,18H,6-8,16H2,1H3. The van der Waals surface area contributed by atoms with Crippen molar-refractivity contribution in [3.8, 4) is 0 Å². The van der Waals surface area contributed by atoms with Gasteiger partial charge in [0.15, 0.2) is 0 Å². The molecule has 0 amide bonds.